The van der Waals surface area contributed by atoms with Gasteiger partial charge in [-0.2, -0.15) is 0 Å². The van der Waals surface area contributed by atoms with Gasteiger partial charge in [0.05, 0.1) is 13.2 Å². The van der Waals surface area contributed by atoms with Crippen LogP contribution in [0.1, 0.15) is 24.5 Å². The monoisotopic (exact) mass is 194 g/mol. The van der Waals surface area contributed by atoms with Gasteiger partial charge in [-0.15, -0.1) is 0 Å². The smallest absolute Gasteiger partial charge is 0.121 e. The number of ether oxygens (including phenoxy) is 1. The van der Waals surface area contributed by atoms with Crippen LogP contribution in [-0.2, 0) is 6.42 Å². The molecule has 0 aromatic heterocycles. The minimum Gasteiger partial charge on any atom is -0.496 e. The van der Waals surface area contributed by atoms with Crippen LogP contribution in [0.3, 0.4) is 0 Å². The molecule has 1 unspecified atom stereocenters. The second kappa shape index (κ2) is 5.01. The van der Waals surface area contributed by atoms with E-state index in [9.17, 15) is 5.11 Å². The summed E-state index contributed by atoms with van der Waals surface area (Å²) in [7, 11) is 1.67. The Labute approximate surface area is 85.5 Å². The molecular weight excluding hydrogens is 176 g/mol. The molecule has 78 valence electrons. The number of aliphatic hydroxyl groups excluding tert-OH is 1. The summed E-state index contributed by atoms with van der Waals surface area (Å²) in [4.78, 5) is 0. The van der Waals surface area contributed by atoms with Gasteiger partial charge in [0.2, 0.25) is 0 Å². The molecule has 2 nitrogen and oxygen atoms in total. The van der Waals surface area contributed by atoms with Crippen molar-refractivity contribution in [1.82, 2.24) is 0 Å². The highest BCUT2D eigenvalue weighted by Gasteiger charge is 2.04. The summed E-state index contributed by atoms with van der Waals surface area (Å²) in [5.41, 5.74) is 2.28. The molecule has 1 N–H and O–H groups in total. The van der Waals surface area contributed by atoms with Gasteiger partial charge < -0.3 is 9.84 Å². The Morgan fingerprint density at radius 3 is 2.64 bits per heavy atom. The van der Waals surface area contributed by atoms with Crippen molar-refractivity contribution in [3.05, 3.63) is 29.3 Å². The van der Waals surface area contributed by atoms with Crippen LogP contribution in [-0.4, -0.2) is 18.3 Å². The third kappa shape index (κ3) is 2.74. The Kier molecular flexibility index (Phi) is 3.96. The van der Waals surface area contributed by atoms with Crippen molar-refractivity contribution in [2.24, 2.45) is 0 Å². The summed E-state index contributed by atoms with van der Waals surface area (Å²) in [5.74, 6) is 0.903. The lowest BCUT2D eigenvalue weighted by molar-refractivity contribution is 0.171. The lowest BCUT2D eigenvalue weighted by Crippen LogP contribution is -2.08. The van der Waals surface area contributed by atoms with Crippen molar-refractivity contribution in [2.45, 2.75) is 32.8 Å². The molecule has 0 aliphatic carbocycles. The fourth-order valence-corrected chi connectivity index (χ4v) is 1.48. The molecule has 0 aliphatic rings. The van der Waals surface area contributed by atoms with Crippen molar-refractivity contribution in [3.63, 3.8) is 0 Å². The number of methoxy groups -OCH3 is 1. The maximum Gasteiger partial charge on any atom is 0.121 e. The number of hydrogen-bond donors (Lipinski definition) is 1. The van der Waals surface area contributed by atoms with E-state index in [4.69, 9.17) is 4.74 Å². The summed E-state index contributed by atoms with van der Waals surface area (Å²) < 4.78 is 5.17. The second-order valence-electron chi connectivity index (χ2n) is 3.57. The molecule has 0 aliphatic heterocycles. The van der Waals surface area contributed by atoms with E-state index in [1.165, 1.54) is 0 Å². The molecule has 1 atom stereocenters. The highest BCUT2D eigenvalue weighted by Crippen LogP contribution is 2.19. The highest BCUT2D eigenvalue weighted by molar-refractivity contribution is 5.36. The third-order valence-corrected chi connectivity index (χ3v) is 2.40. The van der Waals surface area contributed by atoms with Gasteiger partial charge in [-0.05, 0) is 37.0 Å². The standard InChI is InChI=1S/C12H18O2/c1-4-11(13)8-10-5-6-12(14-3)9(2)7-10/h5-7,11,13H,4,8H2,1-3H3. The zero-order chi connectivity index (χ0) is 10.6. The van der Waals surface area contributed by atoms with Crippen LogP contribution in [0, 0.1) is 6.92 Å². The summed E-state index contributed by atoms with van der Waals surface area (Å²) in [6, 6.07) is 6.02. The maximum atomic E-state index is 9.50. The highest BCUT2D eigenvalue weighted by atomic mass is 16.5. The first-order valence-corrected chi connectivity index (χ1v) is 4.99. The molecule has 1 aromatic carbocycles. The van der Waals surface area contributed by atoms with Crippen molar-refractivity contribution in [3.8, 4) is 5.75 Å². The first-order chi connectivity index (χ1) is 6.67. The zero-order valence-electron chi connectivity index (χ0n) is 9.08. The largest absolute Gasteiger partial charge is 0.496 e. The van der Waals surface area contributed by atoms with E-state index in [0.717, 1.165) is 29.7 Å². The molecule has 0 saturated heterocycles. The van der Waals surface area contributed by atoms with E-state index in [1.54, 1.807) is 7.11 Å². The van der Waals surface area contributed by atoms with Crippen molar-refractivity contribution < 1.29 is 9.84 Å². The molecule has 0 bridgehead atoms. The lowest BCUT2D eigenvalue weighted by Gasteiger charge is -2.10. The molecule has 0 radical (unpaired) electrons. The van der Waals surface area contributed by atoms with Crippen LogP contribution in [0.5, 0.6) is 5.75 Å². The number of rotatable bonds is 4. The van der Waals surface area contributed by atoms with E-state index in [0.29, 0.717) is 0 Å². The van der Waals surface area contributed by atoms with E-state index < -0.39 is 0 Å². The van der Waals surface area contributed by atoms with Gasteiger partial charge in [-0.1, -0.05) is 19.1 Å². The van der Waals surface area contributed by atoms with E-state index in [1.807, 2.05) is 26.0 Å². The molecule has 0 spiro atoms. The van der Waals surface area contributed by atoms with Gasteiger partial charge in [0, 0.05) is 0 Å². The molecule has 2 heteroatoms. The quantitative estimate of drug-likeness (QED) is 0.797. The van der Waals surface area contributed by atoms with Crippen molar-refractivity contribution in [1.29, 1.82) is 0 Å². The molecule has 1 rings (SSSR count). The lowest BCUT2D eigenvalue weighted by atomic mass is 10.0. The molecule has 0 heterocycles. The molecule has 1 aromatic rings. The normalized spacial score (nSPS) is 12.6. The van der Waals surface area contributed by atoms with E-state index in [2.05, 4.69) is 6.07 Å². The predicted molar refractivity (Wildman–Crippen MR) is 57.7 cm³/mol. The van der Waals surface area contributed by atoms with Gasteiger partial charge in [0.25, 0.3) is 0 Å². The zero-order valence-corrected chi connectivity index (χ0v) is 9.08. The second-order valence-corrected chi connectivity index (χ2v) is 3.57. The molecular formula is C12H18O2. The minimum absolute atomic E-state index is 0.234. The average molecular weight is 194 g/mol. The first-order valence-electron chi connectivity index (χ1n) is 4.99. The number of hydrogen-bond acceptors (Lipinski definition) is 2. The van der Waals surface area contributed by atoms with Crippen LogP contribution in [0.15, 0.2) is 18.2 Å². The van der Waals surface area contributed by atoms with Crippen molar-refractivity contribution in [2.75, 3.05) is 7.11 Å². The Bertz CT molecular complexity index is 294. The van der Waals surface area contributed by atoms with E-state index >= 15 is 0 Å². The molecule has 0 fully saturated rings. The summed E-state index contributed by atoms with van der Waals surface area (Å²) in [6.45, 7) is 4.00. The Morgan fingerprint density at radius 1 is 1.43 bits per heavy atom. The van der Waals surface area contributed by atoms with Crippen LogP contribution in [0.25, 0.3) is 0 Å². The topological polar surface area (TPSA) is 29.5 Å². The Hall–Kier alpha value is -1.02. The molecule has 0 saturated carbocycles. The van der Waals surface area contributed by atoms with Crippen LogP contribution < -0.4 is 4.74 Å². The molecule has 0 amide bonds. The summed E-state index contributed by atoms with van der Waals surface area (Å²) >= 11 is 0. The van der Waals surface area contributed by atoms with Gasteiger partial charge in [-0.25, -0.2) is 0 Å². The maximum absolute atomic E-state index is 9.50. The fourth-order valence-electron chi connectivity index (χ4n) is 1.48. The van der Waals surface area contributed by atoms with E-state index in [-0.39, 0.29) is 6.10 Å². The van der Waals surface area contributed by atoms with Crippen LogP contribution in [0.4, 0.5) is 0 Å². The number of aryl methyl sites for hydroxylation is 1. The minimum atomic E-state index is -0.234. The van der Waals surface area contributed by atoms with Crippen molar-refractivity contribution >= 4 is 0 Å². The average Bonchev–Trinajstić information content (AvgIpc) is 2.18. The van der Waals surface area contributed by atoms with Gasteiger partial charge >= 0.3 is 0 Å². The van der Waals surface area contributed by atoms with Gasteiger partial charge in [0.15, 0.2) is 0 Å². The number of benzene rings is 1. The van der Waals surface area contributed by atoms with Crippen LogP contribution >= 0.6 is 0 Å². The SMILES string of the molecule is CCC(O)Cc1ccc(OC)c(C)c1. The summed E-state index contributed by atoms with van der Waals surface area (Å²) in [6.07, 6.45) is 1.29. The number of aliphatic hydroxyl groups is 1. The third-order valence-electron chi connectivity index (χ3n) is 2.40. The summed E-state index contributed by atoms with van der Waals surface area (Å²) in [5, 5.41) is 9.50. The first kappa shape index (κ1) is 11.1. The predicted octanol–water partition coefficient (Wildman–Crippen LogP) is 2.32. The Morgan fingerprint density at radius 2 is 2.14 bits per heavy atom. The fraction of sp³-hybridized carbons (Fsp3) is 0.500. The Balaban J connectivity index is 2.76. The van der Waals surface area contributed by atoms with Gasteiger partial charge in [-0.3, -0.25) is 0 Å². The van der Waals surface area contributed by atoms with Crippen LogP contribution in [0.2, 0.25) is 0 Å². The molecule has 14 heavy (non-hydrogen) atoms. The van der Waals surface area contributed by atoms with Gasteiger partial charge in [0.1, 0.15) is 5.75 Å².